The Hall–Kier alpha value is -2.65. The van der Waals surface area contributed by atoms with E-state index in [1.165, 1.54) is 0 Å². The number of hydrogen-bond acceptors (Lipinski definition) is 5. The smallest absolute Gasteiger partial charge is 0.123 e. The Morgan fingerprint density at radius 1 is 1.14 bits per heavy atom. The number of aromatic hydroxyl groups is 1. The van der Waals surface area contributed by atoms with Crippen molar-refractivity contribution in [2.24, 2.45) is 4.99 Å². The van der Waals surface area contributed by atoms with E-state index in [0.29, 0.717) is 21.3 Å². The maximum Gasteiger partial charge on any atom is 0.123 e. The van der Waals surface area contributed by atoms with Crippen LogP contribution in [0.2, 0.25) is 0 Å². The molecule has 0 saturated carbocycles. The number of hydrogen-bond donors (Lipinski definition) is 3. The largest absolute Gasteiger partial charge is 0.507 e. The number of nitrogens with zero attached hydrogens (tertiary/aromatic N) is 2. The van der Waals surface area contributed by atoms with Gasteiger partial charge in [0.1, 0.15) is 27.8 Å². The minimum atomic E-state index is -0.296. The molecule has 0 bridgehead atoms. The van der Waals surface area contributed by atoms with Crippen LogP contribution < -0.4 is 5.73 Å². The highest BCUT2D eigenvalue weighted by Gasteiger charge is 2.28. The third-order valence-electron chi connectivity index (χ3n) is 4.67. The lowest BCUT2D eigenvalue weighted by molar-refractivity contribution is 0.423. The van der Waals surface area contributed by atoms with Crippen LogP contribution in [-0.4, -0.2) is 23.4 Å². The average molecular weight is 397 g/mol. The van der Waals surface area contributed by atoms with E-state index in [1.807, 2.05) is 53.7 Å². The van der Waals surface area contributed by atoms with Crippen molar-refractivity contribution >= 4 is 24.3 Å². The summed E-state index contributed by atoms with van der Waals surface area (Å²) in [6.45, 7) is 12.3. The zero-order chi connectivity index (χ0) is 21.4. The molecule has 1 aromatic carbocycles. The van der Waals surface area contributed by atoms with Crippen LogP contribution in [0, 0.1) is 16.0 Å². The van der Waals surface area contributed by atoms with E-state index in [1.54, 1.807) is 13.3 Å². The van der Waals surface area contributed by atoms with Crippen LogP contribution in [0.4, 0.5) is 5.82 Å². The number of H-pyrrole nitrogens is 1. The molecule has 0 saturated heterocycles. The molecule has 6 heteroatoms. The van der Waals surface area contributed by atoms with E-state index in [9.17, 15) is 10.4 Å². The van der Waals surface area contributed by atoms with Crippen LogP contribution in [0.15, 0.2) is 17.1 Å². The minimum Gasteiger partial charge on any atom is -0.507 e. The van der Waals surface area contributed by atoms with Gasteiger partial charge < -0.3 is 15.8 Å². The van der Waals surface area contributed by atoms with Crippen molar-refractivity contribution in [3.05, 3.63) is 39.0 Å². The van der Waals surface area contributed by atoms with E-state index < -0.39 is 0 Å². The van der Waals surface area contributed by atoms with Crippen molar-refractivity contribution in [2.45, 2.75) is 52.4 Å². The fourth-order valence-electron chi connectivity index (χ4n) is 3.23. The second-order valence-electron chi connectivity index (χ2n) is 8.95. The molecule has 28 heavy (non-hydrogen) atoms. The van der Waals surface area contributed by atoms with E-state index in [-0.39, 0.29) is 22.4 Å². The van der Waals surface area contributed by atoms with Crippen LogP contribution in [0.1, 0.15) is 63.8 Å². The molecular weight excluding hydrogens is 368 g/mol. The highest BCUT2D eigenvalue weighted by molar-refractivity contribution is 7.71. The molecule has 0 aliphatic carbocycles. The van der Waals surface area contributed by atoms with Crippen molar-refractivity contribution < 1.29 is 5.11 Å². The molecule has 2 rings (SSSR count). The summed E-state index contributed by atoms with van der Waals surface area (Å²) in [4.78, 5) is 6.99. The van der Waals surface area contributed by atoms with Crippen molar-refractivity contribution in [1.82, 2.24) is 4.98 Å². The van der Waals surface area contributed by atoms with Gasteiger partial charge in [-0.2, -0.15) is 5.26 Å². The highest BCUT2D eigenvalue weighted by Crippen LogP contribution is 2.43. The molecule has 4 N–H and O–H groups in total. The second kappa shape index (κ2) is 7.40. The summed E-state index contributed by atoms with van der Waals surface area (Å²) in [6, 6.07) is 6.03. The Morgan fingerprint density at radius 2 is 1.64 bits per heavy atom. The van der Waals surface area contributed by atoms with Crippen molar-refractivity contribution in [3.63, 3.8) is 0 Å². The maximum absolute atomic E-state index is 11.0. The number of phenolic OH excluding ortho intramolecular Hbond substituents is 1. The summed E-state index contributed by atoms with van der Waals surface area (Å²) >= 11 is 5.45. The standard InChI is InChI=1S/C22H28N4OS/c1-21(2,3)15-8-12(9-16(18(15)27)22(4,5)6)17-13(10-23)19(24)26-20(28)14(17)11-25-7/h8-9,11,27H,1-7H3,(H3,24,26,28). The Morgan fingerprint density at radius 3 is 2.04 bits per heavy atom. The SMILES string of the molecule is CN=Cc1c(-c2cc(C(C)(C)C)c(O)c(C(C)(C)C)c2)c(C#N)c(N)[nH]c1=S. The number of nitrogens with one attached hydrogen (secondary N) is 1. The summed E-state index contributed by atoms with van der Waals surface area (Å²) in [5.41, 5.74) is 9.44. The third-order valence-corrected chi connectivity index (χ3v) is 4.99. The number of aliphatic imine (C=N–C) groups is 1. The van der Waals surface area contributed by atoms with Crippen LogP contribution in [-0.2, 0) is 10.8 Å². The Balaban J connectivity index is 3.09. The van der Waals surface area contributed by atoms with E-state index in [2.05, 4.69) is 16.0 Å². The van der Waals surface area contributed by atoms with Gasteiger partial charge in [0.2, 0.25) is 0 Å². The van der Waals surface area contributed by atoms with Crippen molar-refractivity contribution in [2.75, 3.05) is 12.8 Å². The second-order valence-corrected chi connectivity index (χ2v) is 9.36. The van der Waals surface area contributed by atoms with Gasteiger partial charge >= 0.3 is 0 Å². The first-order chi connectivity index (χ1) is 12.8. The normalized spacial score (nSPS) is 12.4. The van der Waals surface area contributed by atoms with Gasteiger partial charge in [0.05, 0.1) is 0 Å². The lowest BCUT2D eigenvalue weighted by Gasteiger charge is -2.28. The van der Waals surface area contributed by atoms with Gasteiger partial charge in [0, 0.05) is 35.5 Å². The molecule has 1 heterocycles. The summed E-state index contributed by atoms with van der Waals surface area (Å²) in [5.74, 6) is 0.500. The van der Waals surface area contributed by atoms with E-state index >= 15 is 0 Å². The van der Waals surface area contributed by atoms with Gasteiger partial charge in [-0.3, -0.25) is 4.99 Å². The van der Waals surface area contributed by atoms with Crippen LogP contribution >= 0.6 is 12.2 Å². The molecule has 0 aliphatic heterocycles. The Bertz CT molecular complexity index is 1010. The number of aromatic amines is 1. The van der Waals surface area contributed by atoms with E-state index in [0.717, 1.165) is 16.7 Å². The minimum absolute atomic E-state index is 0.221. The predicted molar refractivity (Wildman–Crippen MR) is 119 cm³/mol. The number of nitrogens with two attached hydrogens (primary N) is 1. The van der Waals surface area contributed by atoms with Crippen LogP contribution in [0.5, 0.6) is 5.75 Å². The number of phenols is 1. The molecule has 0 radical (unpaired) electrons. The lowest BCUT2D eigenvalue weighted by atomic mass is 9.77. The third kappa shape index (κ3) is 3.95. The molecule has 0 unspecified atom stereocenters. The number of benzene rings is 1. The van der Waals surface area contributed by atoms with Gasteiger partial charge in [0.15, 0.2) is 0 Å². The number of aromatic nitrogens is 1. The molecule has 148 valence electrons. The fraction of sp³-hybridized carbons (Fsp3) is 0.409. The molecule has 0 aliphatic rings. The van der Waals surface area contributed by atoms with E-state index in [4.69, 9.17) is 18.0 Å². The molecule has 0 spiro atoms. The van der Waals surface area contributed by atoms with Gasteiger partial charge in [0.25, 0.3) is 0 Å². The van der Waals surface area contributed by atoms with Gasteiger partial charge in [-0.1, -0.05) is 53.8 Å². The van der Waals surface area contributed by atoms with Crippen molar-refractivity contribution in [1.29, 1.82) is 5.26 Å². The van der Waals surface area contributed by atoms with Gasteiger partial charge in [-0.15, -0.1) is 0 Å². The average Bonchev–Trinajstić information content (AvgIpc) is 2.55. The first-order valence-corrected chi connectivity index (χ1v) is 9.50. The highest BCUT2D eigenvalue weighted by atomic mass is 32.1. The van der Waals surface area contributed by atoms with Crippen molar-refractivity contribution in [3.8, 4) is 22.9 Å². The zero-order valence-corrected chi connectivity index (χ0v) is 18.4. The molecule has 0 atom stereocenters. The first kappa shape index (κ1) is 21.6. The predicted octanol–water partition coefficient (Wildman–Crippen LogP) is 5.21. The molecule has 0 amide bonds. The number of rotatable bonds is 2. The lowest BCUT2D eigenvalue weighted by Crippen LogP contribution is -2.17. The fourth-order valence-corrected chi connectivity index (χ4v) is 3.49. The quantitative estimate of drug-likeness (QED) is 0.479. The van der Waals surface area contributed by atoms with Gasteiger partial charge in [-0.05, 0) is 28.5 Å². The van der Waals surface area contributed by atoms with Gasteiger partial charge in [-0.25, -0.2) is 0 Å². The molecule has 0 fully saturated rings. The number of pyridine rings is 1. The maximum atomic E-state index is 11.0. The number of anilines is 1. The molecule has 5 nitrogen and oxygen atoms in total. The Kier molecular flexibility index (Phi) is 5.72. The summed E-state index contributed by atoms with van der Waals surface area (Å²) in [5, 5.41) is 20.8. The van der Waals surface area contributed by atoms with Crippen LogP contribution in [0.3, 0.4) is 0 Å². The molecule has 1 aromatic heterocycles. The summed E-state index contributed by atoms with van der Waals surface area (Å²) in [7, 11) is 1.65. The number of nitrogen functional groups attached to an aromatic ring is 1. The zero-order valence-electron chi connectivity index (χ0n) is 17.6. The molecular formula is C22H28N4OS. The summed E-state index contributed by atoms with van der Waals surface area (Å²) in [6.07, 6.45) is 1.63. The van der Waals surface area contributed by atoms with Crippen LogP contribution in [0.25, 0.3) is 11.1 Å². The topological polar surface area (TPSA) is 98.2 Å². The molecule has 2 aromatic rings. The monoisotopic (exact) mass is 396 g/mol. The number of nitriles is 1. The Labute approximate surface area is 172 Å². The summed E-state index contributed by atoms with van der Waals surface area (Å²) < 4.78 is 0.416. The first-order valence-electron chi connectivity index (χ1n) is 9.09.